The first-order valence-corrected chi connectivity index (χ1v) is 8.64. The van der Waals surface area contributed by atoms with Crippen LogP contribution in [0, 0.1) is 0 Å². The Labute approximate surface area is 146 Å². The van der Waals surface area contributed by atoms with Crippen LogP contribution in [0.2, 0.25) is 5.02 Å². The number of halogens is 2. The Balaban J connectivity index is 1.77. The predicted octanol–water partition coefficient (Wildman–Crippen LogP) is 4.60. The first-order chi connectivity index (χ1) is 10.5. The van der Waals surface area contributed by atoms with Gasteiger partial charge in [0.15, 0.2) is 0 Å². The molecule has 1 aliphatic rings. The van der Waals surface area contributed by atoms with Crippen LogP contribution in [0.25, 0.3) is 6.08 Å². The monoisotopic (exact) mass is 397 g/mol. The zero-order valence-electron chi connectivity index (χ0n) is 11.8. The van der Waals surface area contributed by atoms with Crippen LogP contribution in [0.4, 0.5) is 0 Å². The van der Waals surface area contributed by atoms with E-state index < -0.39 is 0 Å². The Morgan fingerprint density at radius 2 is 2.23 bits per heavy atom. The fourth-order valence-electron chi connectivity index (χ4n) is 2.26. The Bertz CT molecular complexity index is 756. The normalized spacial score (nSPS) is 13.1. The molecule has 1 aromatic carbocycles. The van der Waals surface area contributed by atoms with Crippen LogP contribution < -0.4 is 4.74 Å². The predicted molar refractivity (Wildman–Crippen MR) is 93.4 cm³/mol. The lowest BCUT2D eigenvalue weighted by molar-refractivity contribution is -0.126. The van der Waals surface area contributed by atoms with Crippen molar-refractivity contribution in [3.63, 3.8) is 0 Å². The summed E-state index contributed by atoms with van der Waals surface area (Å²) in [5.74, 6) is 0.723. The standard InChI is InChI=1S/C16H13BrClNO2S/c1-19(8-13-3-5-15(17)22-13)16(20)11-6-10-7-12(18)2-4-14(10)21-9-11/h2-7H,8-9H2,1H3. The van der Waals surface area contributed by atoms with Crippen LogP contribution in [-0.2, 0) is 11.3 Å². The number of ether oxygens (including phenoxy) is 1. The molecule has 0 saturated carbocycles. The Kier molecular flexibility index (Phi) is 4.57. The van der Waals surface area contributed by atoms with Gasteiger partial charge in [0.05, 0.1) is 15.9 Å². The molecule has 0 fully saturated rings. The average molecular weight is 399 g/mol. The highest BCUT2D eigenvalue weighted by molar-refractivity contribution is 9.11. The minimum atomic E-state index is -0.0323. The third kappa shape index (κ3) is 3.37. The molecule has 0 aliphatic carbocycles. The van der Waals surface area contributed by atoms with E-state index in [1.807, 2.05) is 24.3 Å². The van der Waals surface area contributed by atoms with Gasteiger partial charge in [0.2, 0.25) is 0 Å². The van der Waals surface area contributed by atoms with Crippen molar-refractivity contribution in [1.82, 2.24) is 4.90 Å². The largest absolute Gasteiger partial charge is 0.488 e. The van der Waals surface area contributed by atoms with Crippen molar-refractivity contribution in [2.24, 2.45) is 0 Å². The quantitative estimate of drug-likeness (QED) is 0.756. The molecule has 2 heterocycles. The number of carbonyl (C=O) groups is 1. The number of thiophene rings is 1. The van der Waals surface area contributed by atoms with Gasteiger partial charge in [0, 0.05) is 22.5 Å². The van der Waals surface area contributed by atoms with Crippen molar-refractivity contribution < 1.29 is 9.53 Å². The van der Waals surface area contributed by atoms with Crippen LogP contribution in [0.15, 0.2) is 39.7 Å². The zero-order valence-corrected chi connectivity index (χ0v) is 15.0. The molecule has 114 valence electrons. The highest BCUT2D eigenvalue weighted by atomic mass is 79.9. The summed E-state index contributed by atoms with van der Waals surface area (Å²) in [5, 5.41) is 0.629. The van der Waals surface area contributed by atoms with Gasteiger partial charge in [-0.3, -0.25) is 4.79 Å². The average Bonchev–Trinajstić information content (AvgIpc) is 2.90. The number of hydrogen-bond donors (Lipinski definition) is 0. The van der Waals surface area contributed by atoms with E-state index >= 15 is 0 Å². The van der Waals surface area contributed by atoms with Gasteiger partial charge in [-0.15, -0.1) is 11.3 Å². The molecule has 22 heavy (non-hydrogen) atoms. The van der Waals surface area contributed by atoms with Crippen molar-refractivity contribution >= 4 is 50.9 Å². The smallest absolute Gasteiger partial charge is 0.253 e. The molecule has 0 atom stereocenters. The molecule has 0 spiro atoms. The van der Waals surface area contributed by atoms with Crippen molar-refractivity contribution in [1.29, 1.82) is 0 Å². The van der Waals surface area contributed by atoms with E-state index in [2.05, 4.69) is 15.9 Å². The van der Waals surface area contributed by atoms with E-state index in [9.17, 15) is 4.79 Å². The molecular weight excluding hydrogens is 386 g/mol. The summed E-state index contributed by atoms with van der Waals surface area (Å²) in [6.45, 7) is 0.862. The van der Waals surface area contributed by atoms with Gasteiger partial charge in [-0.2, -0.15) is 0 Å². The third-order valence-corrected chi connectivity index (χ3v) is 5.17. The summed E-state index contributed by atoms with van der Waals surface area (Å²) in [5.41, 5.74) is 1.47. The van der Waals surface area contributed by atoms with Crippen LogP contribution in [0.3, 0.4) is 0 Å². The third-order valence-electron chi connectivity index (χ3n) is 3.33. The summed E-state index contributed by atoms with van der Waals surface area (Å²) in [6.07, 6.45) is 1.86. The second-order valence-corrected chi connectivity index (χ2v) is 7.99. The minimum absolute atomic E-state index is 0.0323. The van der Waals surface area contributed by atoms with Gasteiger partial charge in [0.1, 0.15) is 12.4 Å². The molecule has 0 unspecified atom stereocenters. The van der Waals surface area contributed by atoms with Crippen LogP contribution in [0.1, 0.15) is 10.4 Å². The highest BCUT2D eigenvalue weighted by Gasteiger charge is 2.20. The Morgan fingerprint density at radius 3 is 2.95 bits per heavy atom. The summed E-state index contributed by atoms with van der Waals surface area (Å²) in [6, 6.07) is 9.41. The van der Waals surface area contributed by atoms with Gasteiger partial charge < -0.3 is 9.64 Å². The van der Waals surface area contributed by atoms with E-state index in [0.29, 0.717) is 17.1 Å². The highest BCUT2D eigenvalue weighted by Crippen LogP contribution is 2.30. The van der Waals surface area contributed by atoms with Crippen LogP contribution in [-0.4, -0.2) is 24.5 Å². The summed E-state index contributed by atoms with van der Waals surface area (Å²) >= 11 is 11.0. The summed E-state index contributed by atoms with van der Waals surface area (Å²) < 4.78 is 6.70. The number of hydrogen-bond acceptors (Lipinski definition) is 3. The molecule has 0 bridgehead atoms. The second kappa shape index (κ2) is 6.44. The number of benzene rings is 1. The van der Waals surface area contributed by atoms with E-state index in [-0.39, 0.29) is 12.5 Å². The first kappa shape index (κ1) is 15.6. The van der Waals surface area contributed by atoms with Gasteiger partial charge in [-0.25, -0.2) is 0 Å². The number of nitrogens with zero attached hydrogens (tertiary/aromatic N) is 1. The van der Waals surface area contributed by atoms with Crippen molar-refractivity contribution in [2.45, 2.75) is 6.54 Å². The zero-order chi connectivity index (χ0) is 15.7. The minimum Gasteiger partial charge on any atom is -0.488 e. The maximum atomic E-state index is 12.5. The number of fused-ring (bicyclic) bond motifs is 1. The van der Waals surface area contributed by atoms with Gasteiger partial charge in [0.25, 0.3) is 5.91 Å². The van der Waals surface area contributed by atoms with Crippen LogP contribution >= 0.6 is 38.9 Å². The molecule has 3 rings (SSSR count). The fraction of sp³-hybridized carbons (Fsp3) is 0.188. The fourth-order valence-corrected chi connectivity index (χ4v) is 3.98. The van der Waals surface area contributed by atoms with Crippen molar-refractivity contribution in [3.05, 3.63) is 55.2 Å². The number of rotatable bonds is 3. The van der Waals surface area contributed by atoms with E-state index in [0.717, 1.165) is 20.0 Å². The maximum Gasteiger partial charge on any atom is 0.253 e. The molecular formula is C16H13BrClNO2S. The maximum absolute atomic E-state index is 12.5. The van der Waals surface area contributed by atoms with Gasteiger partial charge >= 0.3 is 0 Å². The van der Waals surface area contributed by atoms with Crippen molar-refractivity contribution in [2.75, 3.05) is 13.7 Å². The molecule has 6 heteroatoms. The van der Waals surface area contributed by atoms with E-state index in [4.69, 9.17) is 16.3 Å². The SMILES string of the molecule is CN(Cc1ccc(Br)s1)C(=O)C1=Cc2cc(Cl)ccc2OC1. The second-order valence-electron chi connectivity index (χ2n) is 5.01. The van der Waals surface area contributed by atoms with E-state index in [1.54, 1.807) is 35.4 Å². The van der Waals surface area contributed by atoms with Gasteiger partial charge in [-0.1, -0.05) is 11.6 Å². The molecule has 1 amide bonds. The molecule has 0 radical (unpaired) electrons. The molecule has 1 aliphatic heterocycles. The Hall–Kier alpha value is -1.30. The topological polar surface area (TPSA) is 29.5 Å². The molecule has 2 aromatic rings. The first-order valence-electron chi connectivity index (χ1n) is 6.65. The lowest BCUT2D eigenvalue weighted by Gasteiger charge is -2.22. The van der Waals surface area contributed by atoms with Crippen molar-refractivity contribution in [3.8, 4) is 5.75 Å². The Morgan fingerprint density at radius 1 is 1.41 bits per heavy atom. The molecule has 3 nitrogen and oxygen atoms in total. The summed E-state index contributed by atoms with van der Waals surface area (Å²) in [7, 11) is 1.80. The number of amides is 1. The number of likely N-dealkylation sites (N-methyl/N-ethyl adjacent to an activating group) is 1. The molecule has 1 aromatic heterocycles. The lowest BCUT2D eigenvalue weighted by Crippen LogP contribution is -2.30. The molecule has 0 N–H and O–H groups in total. The van der Waals surface area contributed by atoms with Crippen LogP contribution in [0.5, 0.6) is 5.75 Å². The summed E-state index contributed by atoms with van der Waals surface area (Å²) in [4.78, 5) is 15.4. The molecule has 0 saturated heterocycles. The van der Waals surface area contributed by atoms with Gasteiger partial charge in [-0.05, 0) is 52.3 Å². The van der Waals surface area contributed by atoms with E-state index in [1.165, 1.54) is 0 Å². The number of carbonyl (C=O) groups excluding carboxylic acids is 1. The lowest BCUT2D eigenvalue weighted by atomic mass is 10.1.